The summed E-state index contributed by atoms with van der Waals surface area (Å²) in [7, 11) is -3.82. The van der Waals surface area contributed by atoms with Gasteiger partial charge in [-0.3, -0.25) is 0 Å². The smallest absolute Gasteiger partial charge is 0.269 e. The molecule has 5 aromatic rings. The SMILES string of the molecule is Cc1ccc(-c2nc3cnc4c(ccn4S(=O)(=O)c4ccccc4)c3n2C2CCN(CCC#N)C2)o1. The number of nitriles is 1. The van der Waals surface area contributed by atoms with Gasteiger partial charge in [-0.25, -0.2) is 22.4 Å². The predicted octanol–water partition coefficient (Wildman–Crippen LogP) is 4.35. The number of likely N-dealkylation sites (tertiary alicyclic amines) is 1. The fourth-order valence-electron chi connectivity index (χ4n) is 5.07. The van der Waals surface area contributed by atoms with E-state index in [2.05, 4.69) is 20.5 Å². The molecular weight excluding hydrogens is 476 g/mol. The Morgan fingerprint density at radius 1 is 1.17 bits per heavy atom. The van der Waals surface area contributed by atoms with Gasteiger partial charge in [-0.2, -0.15) is 5.26 Å². The Kier molecular flexibility index (Phi) is 5.39. The van der Waals surface area contributed by atoms with Crippen molar-refractivity contribution in [3.05, 3.63) is 66.7 Å². The van der Waals surface area contributed by atoms with Crippen LogP contribution in [0.1, 0.15) is 24.6 Å². The van der Waals surface area contributed by atoms with Gasteiger partial charge < -0.3 is 13.9 Å². The summed E-state index contributed by atoms with van der Waals surface area (Å²) in [5, 5.41) is 9.73. The lowest BCUT2D eigenvalue weighted by molar-refractivity contribution is 0.332. The first-order valence-electron chi connectivity index (χ1n) is 11.8. The maximum atomic E-state index is 13.4. The molecule has 6 rings (SSSR count). The van der Waals surface area contributed by atoms with Gasteiger partial charge in [0.15, 0.2) is 17.2 Å². The second kappa shape index (κ2) is 8.62. The Labute approximate surface area is 208 Å². The fourth-order valence-corrected chi connectivity index (χ4v) is 6.39. The van der Waals surface area contributed by atoms with Crippen molar-refractivity contribution in [2.45, 2.75) is 30.7 Å². The van der Waals surface area contributed by atoms with Crippen LogP contribution in [-0.4, -0.2) is 51.5 Å². The molecule has 4 aromatic heterocycles. The molecule has 1 aliphatic rings. The summed E-state index contributed by atoms with van der Waals surface area (Å²) in [6.07, 6.45) is 4.56. The number of furan rings is 1. The summed E-state index contributed by atoms with van der Waals surface area (Å²) >= 11 is 0. The number of hydrogen-bond donors (Lipinski definition) is 0. The van der Waals surface area contributed by atoms with E-state index >= 15 is 0 Å². The van der Waals surface area contributed by atoms with E-state index in [1.807, 2.05) is 19.1 Å². The van der Waals surface area contributed by atoms with E-state index in [0.29, 0.717) is 34.6 Å². The molecule has 1 unspecified atom stereocenters. The zero-order chi connectivity index (χ0) is 24.9. The number of hydrogen-bond acceptors (Lipinski definition) is 7. The van der Waals surface area contributed by atoms with Crippen LogP contribution in [0.4, 0.5) is 0 Å². The second-order valence-corrected chi connectivity index (χ2v) is 10.8. The minimum atomic E-state index is -3.82. The van der Waals surface area contributed by atoms with E-state index in [1.54, 1.807) is 48.8 Å². The third-order valence-corrected chi connectivity index (χ3v) is 8.42. The Morgan fingerprint density at radius 3 is 2.75 bits per heavy atom. The standard InChI is InChI=1S/C26H24N6O3S/c1-18-8-9-23(35-18)26-29-22-16-28-25-21(11-15-31(25)36(33,34)20-6-3-2-4-7-20)24(22)32(26)19-10-14-30(17-19)13-5-12-27/h2-4,6-9,11,15-16,19H,5,10,13-14,17H2,1H3. The van der Waals surface area contributed by atoms with Gasteiger partial charge in [-0.05, 0) is 43.7 Å². The molecule has 10 heteroatoms. The van der Waals surface area contributed by atoms with E-state index in [0.717, 1.165) is 37.3 Å². The van der Waals surface area contributed by atoms with E-state index < -0.39 is 10.0 Å². The lowest BCUT2D eigenvalue weighted by Crippen LogP contribution is -2.22. The molecule has 0 N–H and O–H groups in total. The van der Waals surface area contributed by atoms with Gasteiger partial charge in [0.25, 0.3) is 10.0 Å². The van der Waals surface area contributed by atoms with Crippen LogP contribution in [0.15, 0.2) is 70.2 Å². The molecule has 1 aliphatic heterocycles. The average Bonchev–Trinajstić information content (AvgIpc) is 3.67. The molecule has 9 nitrogen and oxygen atoms in total. The van der Waals surface area contributed by atoms with E-state index in [9.17, 15) is 8.42 Å². The van der Waals surface area contributed by atoms with Gasteiger partial charge in [0.05, 0.1) is 22.7 Å². The minimum Gasteiger partial charge on any atom is -0.458 e. The highest BCUT2D eigenvalue weighted by atomic mass is 32.2. The highest BCUT2D eigenvalue weighted by Crippen LogP contribution is 2.37. The summed E-state index contributed by atoms with van der Waals surface area (Å²) in [6.45, 7) is 4.26. The van der Waals surface area contributed by atoms with E-state index in [1.165, 1.54) is 3.97 Å². The molecule has 0 radical (unpaired) electrons. The molecule has 1 aromatic carbocycles. The van der Waals surface area contributed by atoms with Gasteiger partial charge >= 0.3 is 0 Å². The predicted molar refractivity (Wildman–Crippen MR) is 135 cm³/mol. The van der Waals surface area contributed by atoms with Gasteiger partial charge in [-0.1, -0.05) is 18.2 Å². The van der Waals surface area contributed by atoms with E-state index in [4.69, 9.17) is 14.7 Å². The van der Waals surface area contributed by atoms with Crippen LogP contribution in [0.25, 0.3) is 33.7 Å². The zero-order valence-electron chi connectivity index (χ0n) is 19.7. The van der Waals surface area contributed by atoms with Crippen molar-refractivity contribution in [2.24, 2.45) is 0 Å². The van der Waals surface area contributed by atoms with Gasteiger partial charge in [0.1, 0.15) is 11.3 Å². The average molecular weight is 501 g/mol. The molecule has 1 atom stereocenters. The zero-order valence-corrected chi connectivity index (χ0v) is 20.5. The van der Waals surface area contributed by atoms with Crippen molar-refractivity contribution in [1.29, 1.82) is 5.26 Å². The second-order valence-electron chi connectivity index (χ2n) is 9.03. The van der Waals surface area contributed by atoms with Crippen molar-refractivity contribution in [3.8, 4) is 17.7 Å². The molecule has 5 heterocycles. The highest BCUT2D eigenvalue weighted by molar-refractivity contribution is 7.90. The fraction of sp³-hybridized carbons (Fsp3) is 0.269. The lowest BCUT2D eigenvalue weighted by atomic mass is 10.2. The summed E-state index contributed by atoms with van der Waals surface area (Å²) in [5.74, 6) is 2.14. The van der Waals surface area contributed by atoms with Crippen LogP contribution in [-0.2, 0) is 10.0 Å². The first-order chi connectivity index (χ1) is 17.5. The number of rotatable bonds is 6. The molecule has 36 heavy (non-hydrogen) atoms. The third kappa shape index (κ3) is 3.59. The van der Waals surface area contributed by atoms with Crippen molar-refractivity contribution < 1.29 is 12.8 Å². The summed E-state index contributed by atoms with van der Waals surface area (Å²) in [6, 6.07) is 16.3. The topological polar surface area (TPSA) is 110 Å². The van der Waals surface area contributed by atoms with Crippen LogP contribution in [0, 0.1) is 18.3 Å². The van der Waals surface area contributed by atoms with Crippen molar-refractivity contribution in [3.63, 3.8) is 0 Å². The summed E-state index contributed by atoms with van der Waals surface area (Å²) in [5.41, 5.74) is 1.86. The maximum absolute atomic E-state index is 13.4. The van der Waals surface area contributed by atoms with E-state index in [-0.39, 0.29) is 10.9 Å². The minimum absolute atomic E-state index is 0.0915. The van der Waals surface area contributed by atoms with Crippen LogP contribution in [0.3, 0.4) is 0 Å². The molecule has 0 bridgehead atoms. The highest BCUT2D eigenvalue weighted by Gasteiger charge is 2.30. The van der Waals surface area contributed by atoms with Crippen molar-refractivity contribution >= 4 is 32.1 Å². The molecule has 0 amide bonds. The van der Waals surface area contributed by atoms with Gasteiger partial charge in [0.2, 0.25) is 0 Å². The van der Waals surface area contributed by atoms with Crippen LogP contribution < -0.4 is 0 Å². The maximum Gasteiger partial charge on any atom is 0.269 e. The van der Waals surface area contributed by atoms with Gasteiger partial charge in [-0.15, -0.1) is 0 Å². The summed E-state index contributed by atoms with van der Waals surface area (Å²) in [4.78, 5) is 11.9. The Morgan fingerprint density at radius 2 is 2.00 bits per heavy atom. The number of aromatic nitrogens is 4. The molecular formula is C26H24N6O3S. The normalized spacial score (nSPS) is 16.7. The first kappa shape index (κ1) is 22.5. The third-order valence-electron chi connectivity index (χ3n) is 6.74. The van der Waals surface area contributed by atoms with Gasteiger partial charge in [0, 0.05) is 43.7 Å². The molecule has 1 fully saturated rings. The van der Waals surface area contributed by atoms with Crippen molar-refractivity contribution in [1.82, 2.24) is 23.4 Å². The monoisotopic (exact) mass is 500 g/mol. The molecule has 0 saturated carbocycles. The van der Waals surface area contributed by atoms with Crippen LogP contribution >= 0.6 is 0 Å². The lowest BCUT2D eigenvalue weighted by Gasteiger charge is -2.18. The largest absolute Gasteiger partial charge is 0.458 e. The Hall–Kier alpha value is -3.94. The number of pyridine rings is 1. The van der Waals surface area contributed by atoms with Crippen LogP contribution in [0.2, 0.25) is 0 Å². The molecule has 1 saturated heterocycles. The number of aryl methyl sites for hydroxylation is 1. The number of benzene rings is 1. The molecule has 0 spiro atoms. The Bertz CT molecular complexity index is 1730. The number of imidazole rings is 1. The van der Waals surface area contributed by atoms with Crippen LogP contribution in [0.5, 0.6) is 0 Å². The summed E-state index contributed by atoms with van der Waals surface area (Å²) < 4.78 is 36.2. The first-order valence-corrected chi connectivity index (χ1v) is 13.3. The number of fused-ring (bicyclic) bond motifs is 3. The molecule has 182 valence electrons. The van der Waals surface area contributed by atoms with Crippen molar-refractivity contribution in [2.75, 3.05) is 19.6 Å². The Balaban J connectivity index is 1.55. The number of nitrogens with zero attached hydrogens (tertiary/aromatic N) is 6. The molecule has 0 aliphatic carbocycles. The quantitative estimate of drug-likeness (QED) is 0.341.